The molecule has 0 spiro atoms. The lowest BCUT2D eigenvalue weighted by Gasteiger charge is -2.21. The summed E-state index contributed by atoms with van der Waals surface area (Å²) in [5.41, 5.74) is -0.125. The Hall–Kier alpha value is -2.34. The molecule has 6 heteroatoms. The lowest BCUT2D eigenvalue weighted by molar-refractivity contribution is 0.147. The van der Waals surface area contributed by atoms with E-state index in [1.165, 1.54) is 13.9 Å². The van der Waals surface area contributed by atoms with Crippen molar-refractivity contribution in [3.8, 4) is 5.69 Å². The van der Waals surface area contributed by atoms with Gasteiger partial charge in [-0.15, -0.1) is 0 Å². The van der Waals surface area contributed by atoms with E-state index in [0.29, 0.717) is 18.5 Å². The Morgan fingerprint density at radius 3 is 1.95 bits per heavy atom. The van der Waals surface area contributed by atoms with Gasteiger partial charge in [-0.1, -0.05) is 30.4 Å². The second-order valence-corrected chi connectivity index (χ2v) is 5.57. The van der Waals surface area contributed by atoms with Crippen LogP contribution in [0.3, 0.4) is 0 Å². The van der Waals surface area contributed by atoms with Crippen molar-refractivity contribution in [3.05, 3.63) is 63.5 Å². The van der Waals surface area contributed by atoms with Gasteiger partial charge in [-0.25, -0.2) is 23.5 Å². The minimum Gasteiger partial charge on any atom is -0.393 e. The largest absolute Gasteiger partial charge is 0.393 e. The SMILES string of the molecule is O=c1n(-c2ccccc2)c(=O)n2n1[C@H]1C=C[C@H]2CC(O)C1. The van der Waals surface area contributed by atoms with Crippen molar-refractivity contribution < 1.29 is 5.11 Å². The Morgan fingerprint density at radius 2 is 1.43 bits per heavy atom. The molecule has 1 N–H and O–H groups in total. The first-order valence-electron chi connectivity index (χ1n) is 7.04. The predicted molar refractivity (Wildman–Crippen MR) is 76.7 cm³/mol. The fourth-order valence-corrected chi connectivity index (χ4v) is 3.30. The number of hydrogen-bond donors (Lipinski definition) is 1. The van der Waals surface area contributed by atoms with Crippen LogP contribution in [-0.4, -0.2) is 25.1 Å². The van der Waals surface area contributed by atoms with Crippen molar-refractivity contribution in [3.63, 3.8) is 0 Å². The van der Waals surface area contributed by atoms with E-state index in [4.69, 9.17) is 0 Å². The van der Waals surface area contributed by atoms with Crippen LogP contribution in [0.15, 0.2) is 52.1 Å². The number of nitrogens with zero attached hydrogens (tertiary/aromatic N) is 3. The monoisotopic (exact) mass is 285 g/mol. The van der Waals surface area contributed by atoms with Crippen molar-refractivity contribution in [2.24, 2.45) is 0 Å². The normalized spacial score (nSPS) is 26.6. The van der Waals surface area contributed by atoms with Gasteiger partial charge in [-0.2, -0.15) is 0 Å². The first kappa shape index (κ1) is 12.4. The van der Waals surface area contributed by atoms with Crippen molar-refractivity contribution in [1.29, 1.82) is 0 Å². The lowest BCUT2D eigenvalue weighted by Crippen LogP contribution is -2.33. The topological polar surface area (TPSA) is 69.2 Å². The molecule has 0 radical (unpaired) electrons. The zero-order valence-corrected chi connectivity index (χ0v) is 11.3. The summed E-state index contributed by atoms with van der Waals surface area (Å²) in [7, 11) is 0. The molecule has 0 saturated heterocycles. The Labute approximate surface area is 120 Å². The van der Waals surface area contributed by atoms with Gasteiger partial charge < -0.3 is 5.11 Å². The molecule has 3 aliphatic rings. The van der Waals surface area contributed by atoms with Crippen LogP contribution in [0.2, 0.25) is 0 Å². The van der Waals surface area contributed by atoms with Crippen LogP contribution in [0.1, 0.15) is 24.9 Å². The van der Waals surface area contributed by atoms with E-state index in [1.54, 1.807) is 24.3 Å². The maximum atomic E-state index is 12.7. The maximum absolute atomic E-state index is 12.7. The molecule has 2 atom stereocenters. The van der Waals surface area contributed by atoms with E-state index in [2.05, 4.69) is 0 Å². The number of allylic oxidation sites excluding steroid dienone is 2. The Morgan fingerprint density at radius 1 is 0.905 bits per heavy atom. The number of benzene rings is 1. The first-order valence-corrected chi connectivity index (χ1v) is 7.04. The van der Waals surface area contributed by atoms with Gasteiger partial charge in [0.05, 0.1) is 23.9 Å². The molecule has 108 valence electrons. The molecule has 5 rings (SSSR count). The van der Waals surface area contributed by atoms with Crippen LogP contribution in [0.4, 0.5) is 0 Å². The van der Waals surface area contributed by atoms with Crippen molar-refractivity contribution in [2.45, 2.75) is 31.0 Å². The van der Waals surface area contributed by atoms with Gasteiger partial charge in [0.25, 0.3) is 0 Å². The highest BCUT2D eigenvalue weighted by Crippen LogP contribution is 2.31. The molecule has 3 heterocycles. The van der Waals surface area contributed by atoms with Gasteiger partial charge in [-0.3, -0.25) is 0 Å². The molecule has 0 unspecified atom stereocenters. The average Bonchev–Trinajstić information content (AvgIpc) is 2.62. The average molecular weight is 285 g/mol. The Bertz CT molecular complexity index is 781. The van der Waals surface area contributed by atoms with E-state index in [0.717, 1.165) is 0 Å². The molecule has 2 aliphatic heterocycles. The minimum atomic E-state index is -0.494. The third kappa shape index (κ3) is 1.69. The highest BCUT2D eigenvalue weighted by atomic mass is 16.3. The van der Waals surface area contributed by atoms with E-state index in [-0.39, 0.29) is 23.5 Å². The number of para-hydroxylation sites is 1. The number of aliphatic hydroxyl groups is 1. The van der Waals surface area contributed by atoms with Crippen LogP contribution < -0.4 is 11.4 Å². The standard InChI is InChI=1S/C15H15N3O3/c19-13-8-11-6-7-12(9-13)18-15(21)16(14(20)17(11)18)10-4-2-1-3-5-10/h1-7,11-13,19H,8-9H2/t11-,12-/m0/s1. The molecule has 21 heavy (non-hydrogen) atoms. The van der Waals surface area contributed by atoms with E-state index in [9.17, 15) is 14.7 Å². The highest BCUT2D eigenvalue weighted by molar-refractivity contribution is 5.31. The van der Waals surface area contributed by atoms with Crippen molar-refractivity contribution >= 4 is 0 Å². The Balaban J connectivity index is 2.00. The fraction of sp³-hybridized carbons (Fsp3) is 0.333. The lowest BCUT2D eigenvalue weighted by atomic mass is 10.1. The molecule has 6 nitrogen and oxygen atoms in total. The summed E-state index contributed by atoms with van der Waals surface area (Å²) in [6.07, 6.45) is 4.26. The summed E-state index contributed by atoms with van der Waals surface area (Å²) >= 11 is 0. The summed E-state index contributed by atoms with van der Waals surface area (Å²) in [6.45, 7) is 0. The van der Waals surface area contributed by atoms with Crippen molar-refractivity contribution in [2.75, 3.05) is 0 Å². The summed E-state index contributed by atoms with van der Waals surface area (Å²) in [5, 5.41) is 9.95. The van der Waals surface area contributed by atoms with Gasteiger partial charge >= 0.3 is 11.4 Å². The molecular formula is C15H15N3O3. The van der Waals surface area contributed by atoms with Crippen LogP contribution >= 0.6 is 0 Å². The summed E-state index contributed by atoms with van der Waals surface area (Å²) in [4.78, 5) is 25.3. The summed E-state index contributed by atoms with van der Waals surface area (Å²) < 4.78 is 4.16. The molecule has 0 amide bonds. The molecule has 0 saturated carbocycles. The highest BCUT2D eigenvalue weighted by Gasteiger charge is 2.34. The first-order chi connectivity index (χ1) is 10.2. The maximum Gasteiger partial charge on any atom is 0.352 e. The second kappa shape index (κ2) is 4.33. The third-order valence-corrected chi connectivity index (χ3v) is 4.23. The summed E-state index contributed by atoms with van der Waals surface area (Å²) in [5.74, 6) is 0. The molecule has 1 aromatic carbocycles. The third-order valence-electron chi connectivity index (χ3n) is 4.23. The molecule has 2 bridgehead atoms. The van der Waals surface area contributed by atoms with Crippen LogP contribution in [0.25, 0.3) is 5.69 Å². The number of rotatable bonds is 1. The quantitative estimate of drug-likeness (QED) is 0.780. The fourth-order valence-electron chi connectivity index (χ4n) is 3.30. The predicted octanol–water partition coefficient (Wildman–Crippen LogP) is 0.607. The van der Waals surface area contributed by atoms with Gasteiger partial charge in [0, 0.05) is 0 Å². The molecule has 1 aromatic heterocycles. The van der Waals surface area contributed by atoms with Gasteiger partial charge in [-0.05, 0) is 25.0 Å². The minimum absolute atomic E-state index is 0.260. The van der Waals surface area contributed by atoms with Crippen LogP contribution in [0.5, 0.6) is 0 Å². The van der Waals surface area contributed by atoms with E-state index in [1.807, 2.05) is 18.2 Å². The number of aliphatic hydroxyl groups excluding tert-OH is 1. The number of fused-ring (bicyclic) bond motifs is 2. The Kier molecular flexibility index (Phi) is 2.56. The van der Waals surface area contributed by atoms with Crippen molar-refractivity contribution in [1.82, 2.24) is 13.9 Å². The zero-order valence-electron chi connectivity index (χ0n) is 11.3. The second-order valence-electron chi connectivity index (χ2n) is 5.57. The zero-order chi connectivity index (χ0) is 14.6. The van der Waals surface area contributed by atoms with Crippen LogP contribution in [0, 0.1) is 0 Å². The molecular weight excluding hydrogens is 270 g/mol. The van der Waals surface area contributed by atoms with E-state index >= 15 is 0 Å². The van der Waals surface area contributed by atoms with E-state index < -0.39 is 6.10 Å². The smallest absolute Gasteiger partial charge is 0.352 e. The van der Waals surface area contributed by atoms with Crippen LogP contribution in [-0.2, 0) is 0 Å². The van der Waals surface area contributed by atoms with Gasteiger partial charge in [0.2, 0.25) is 0 Å². The van der Waals surface area contributed by atoms with Gasteiger partial charge in [0.1, 0.15) is 0 Å². The molecule has 0 fully saturated rings. The van der Waals surface area contributed by atoms with Gasteiger partial charge in [0.15, 0.2) is 0 Å². The summed E-state index contributed by atoms with van der Waals surface area (Å²) in [6, 6.07) is 8.40. The number of hydrogen-bond acceptors (Lipinski definition) is 3. The number of aromatic nitrogens is 3. The molecule has 1 aliphatic carbocycles. The molecule has 2 aromatic rings.